The minimum atomic E-state index is -1.01. The van der Waals surface area contributed by atoms with Crippen molar-refractivity contribution >= 4 is 51.3 Å². The molecule has 0 saturated carbocycles. The highest BCUT2D eigenvalue weighted by molar-refractivity contribution is 9.10. The van der Waals surface area contributed by atoms with Crippen molar-refractivity contribution in [3.05, 3.63) is 117 Å². The molecule has 0 bridgehead atoms. The smallest absolute Gasteiger partial charge is 0.361 e. The molecule has 0 aliphatic rings. The number of nitrogens with two attached hydrogens (primary N) is 1. The van der Waals surface area contributed by atoms with E-state index in [0.717, 1.165) is 11.1 Å². The first-order chi connectivity index (χ1) is 16.9. The van der Waals surface area contributed by atoms with Crippen LogP contribution in [0.3, 0.4) is 0 Å². The lowest BCUT2D eigenvalue weighted by atomic mass is 10.0. The first-order valence-corrected chi connectivity index (χ1v) is 11.5. The molecule has 0 atom stereocenters. The fraction of sp³-hybridized carbons (Fsp3) is 0.0400. The van der Waals surface area contributed by atoms with E-state index in [2.05, 4.69) is 26.3 Å². The van der Waals surface area contributed by atoms with E-state index in [1.54, 1.807) is 18.2 Å². The average molecular weight is 554 g/mol. The molecule has 1 heterocycles. The van der Waals surface area contributed by atoms with Crippen LogP contribution in [0.1, 0.15) is 38.1 Å². The van der Waals surface area contributed by atoms with Gasteiger partial charge in [0, 0.05) is 0 Å². The molecule has 8 nitrogen and oxygen atoms in total. The minimum absolute atomic E-state index is 0.0292. The van der Waals surface area contributed by atoms with Crippen LogP contribution in [-0.4, -0.2) is 27.7 Å². The zero-order valence-corrected chi connectivity index (χ0v) is 20.4. The van der Waals surface area contributed by atoms with Gasteiger partial charge in [-0.15, -0.1) is 0 Å². The van der Waals surface area contributed by atoms with Crippen LogP contribution in [0.15, 0.2) is 89.4 Å². The number of ether oxygens (including phenoxy) is 1. The van der Waals surface area contributed by atoms with Crippen LogP contribution in [-0.2, 0) is 4.74 Å². The summed E-state index contributed by atoms with van der Waals surface area (Å²) in [6, 6.07) is 23.7. The maximum absolute atomic E-state index is 13.2. The Balaban J connectivity index is 1.68. The lowest BCUT2D eigenvalue weighted by Gasteiger charge is -2.18. The molecule has 3 N–H and O–H groups in total. The van der Waals surface area contributed by atoms with Crippen LogP contribution < -0.4 is 11.1 Å². The number of carbonyl (C=O) groups is 3. The molecule has 0 unspecified atom stereocenters. The Kier molecular flexibility index (Phi) is 7.28. The van der Waals surface area contributed by atoms with Crippen LogP contribution in [0.5, 0.6) is 0 Å². The molecule has 0 fully saturated rings. The molecular formula is C25H18BrClN4O4. The Morgan fingerprint density at radius 2 is 1.46 bits per heavy atom. The topological polar surface area (TPSA) is 116 Å². The minimum Gasteiger partial charge on any atom is -0.448 e. The molecule has 4 aromatic rings. The number of amides is 2. The van der Waals surface area contributed by atoms with Crippen LogP contribution in [0.2, 0.25) is 5.02 Å². The summed E-state index contributed by atoms with van der Waals surface area (Å²) >= 11 is 9.35. The molecule has 1 aromatic heterocycles. The van der Waals surface area contributed by atoms with Gasteiger partial charge in [-0.1, -0.05) is 84.4 Å². The fourth-order valence-electron chi connectivity index (χ4n) is 3.36. The van der Waals surface area contributed by atoms with E-state index in [4.69, 9.17) is 22.1 Å². The number of carbonyl (C=O) groups excluding carboxylic acids is 3. The van der Waals surface area contributed by atoms with Gasteiger partial charge in [-0.3, -0.25) is 4.79 Å². The van der Waals surface area contributed by atoms with Crippen molar-refractivity contribution in [2.75, 3.05) is 5.32 Å². The lowest BCUT2D eigenvalue weighted by Crippen LogP contribution is -2.25. The zero-order chi connectivity index (χ0) is 24.9. The van der Waals surface area contributed by atoms with E-state index in [1.807, 2.05) is 60.7 Å². The summed E-state index contributed by atoms with van der Waals surface area (Å²) in [4.78, 5) is 38.0. The highest BCUT2D eigenvalue weighted by Crippen LogP contribution is 2.32. The number of anilines is 1. The Bertz CT molecular complexity index is 1350. The summed E-state index contributed by atoms with van der Waals surface area (Å²) in [6.07, 6.45) is -0.739. The van der Waals surface area contributed by atoms with Gasteiger partial charge in [0.25, 0.3) is 5.91 Å². The van der Waals surface area contributed by atoms with Crippen LogP contribution >= 0.6 is 27.5 Å². The first-order valence-electron chi connectivity index (χ1n) is 10.3. The van der Waals surface area contributed by atoms with Crippen molar-refractivity contribution < 1.29 is 19.1 Å². The number of primary amides is 1. The second-order valence-corrected chi connectivity index (χ2v) is 8.50. The second kappa shape index (κ2) is 10.5. The van der Waals surface area contributed by atoms with Gasteiger partial charge in [-0.2, -0.15) is 9.78 Å². The molecule has 4 rings (SSSR count). The molecule has 0 spiro atoms. The predicted molar refractivity (Wildman–Crippen MR) is 134 cm³/mol. The Morgan fingerprint density at radius 3 is 2.00 bits per heavy atom. The SMILES string of the molecule is NC(=O)n1nc(C(=O)OC(c2ccccc2)c2ccccc2)c(Br)c1NC(=O)c1ccccc1Cl. The zero-order valence-electron chi connectivity index (χ0n) is 18.0. The number of aromatic nitrogens is 2. The number of hydrogen-bond donors (Lipinski definition) is 2. The lowest BCUT2D eigenvalue weighted by molar-refractivity contribution is 0.0369. The second-order valence-electron chi connectivity index (χ2n) is 7.30. The number of benzene rings is 3. The van der Waals surface area contributed by atoms with Crippen LogP contribution in [0.25, 0.3) is 0 Å². The number of hydrogen-bond acceptors (Lipinski definition) is 5. The van der Waals surface area contributed by atoms with Gasteiger partial charge in [0.15, 0.2) is 17.6 Å². The van der Waals surface area contributed by atoms with Gasteiger partial charge in [0.2, 0.25) is 0 Å². The Morgan fingerprint density at radius 1 is 0.914 bits per heavy atom. The fourth-order valence-corrected chi connectivity index (χ4v) is 4.09. The van der Waals surface area contributed by atoms with Gasteiger partial charge in [0.1, 0.15) is 0 Å². The summed E-state index contributed by atoms with van der Waals surface area (Å²) in [5.74, 6) is -1.58. The van der Waals surface area contributed by atoms with Gasteiger partial charge in [0.05, 0.1) is 15.1 Å². The molecule has 176 valence electrons. The molecule has 2 amide bonds. The summed E-state index contributed by atoms with van der Waals surface area (Å²) in [5, 5.41) is 6.73. The summed E-state index contributed by atoms with van der Waals surface area (Å²) in [6.45, 7) is 0. The molecule has 10 heteroatoms. The quantitative estimate of drug-likeness (QED) is 0.309. The largest absolute Gasteiger partial charge is 0.448 e. The van der Waals surface area contributed by atoms with Crippen molar-refractivity contribution in [3.8, 4) is 0 Å². The number of halogens is 2. The van der Waals surface area contributed by atoms with Crippen molar-refractivity contribution in [3.63, 3.8) is 0 Å². The van der Waals surface area contributed by atoms with Gasteiger partial charge in [-0.05, 0) is 39.2 Å². The van der Waals surface area contributed by atoms with E-state index in [-0.39, 0.29) is 26.6 Å². The summed E-state index contributed by atoms with van der Waals surface area (Å²) < 4.78 is 6.55. The third-order valence-electron chi connectivity index (χ3n) is 5.01. The van der Waals surface area contributed by atoms with E-state index in [0.29, 0.717) is 4.68 Å². The van der Waals surface area contributed by atoms with Crippen molar-refractivity contribution in [2.24, 2.45) is 5.73 Å². The third-order valence-corrected chi connectivity index (χ3v) is 6.09. The molecule has 0 radical (unpaired) electrons. The standard InChI is InChI=1S/C25H18BrClN4O4/c26-19-20(24(33)35-21(15-9-3-1-4-10-15)16-11-5-2-6-12-16)30-31(25(28)34)22(19)29-23(32)17-13-7-8-14-18(17)27/h1-14,21H,(H2,28,34)(H,29,32). The van der Waals surface area contributed by atoms with Crippen LogP contribution in [0, 0.1) is 0 Å². The highest BCUT2D eigenvalue weighted by atomic mass is 79.9. The molecular weight excluding hydrogens is 536 g/mol. The van der Waals surface area contributed by atoms with Gasteiger partial charge in [-0.25, -0.2) is 9.59 Å². The normalized spacial score (nSPS) is 10.7. The molecule has 0 aliphatic carbocycles. The van der Waals surface area contributed by atoms with E-state index in [1.165, 1.54) is 6.07 Å². The number of rotatable bonds is 6. The number of nitrogens with one attached hydrogen (secondary N) is 1. The van der Waals surface area contributed by atoms with E-state index < -0.39 is 24.0 Å². The summed E-state index contributed by atoms with van der Waals surface area (Å²) in [5.41, 5.74) is 6.84. The molecule has 0 aliphatic heterocycles. The van der Waals surface area contributed by atoms with Crippen LogP contribution in [0.4, 0.5) is 10.6 Å². The average Bonchev–Trinajstić information content (AvgIpc) is 3.20. The van der Waals surface area contributed by atoms with Crippen molar-refractivity contribution in [1.29, 1.82) is 0 Å². The maximum Gasteiger partial charge on any atom is 0.361 e. The Hall–Kier alpha value is -3.95. The number of esters is 1. The Labute approximate surface area is 213 Å². The van der Waals surface area contributed by atoms with E-state index >= 15 is 0 Å². The maximum atomic E-state index is 13.2. The number of nitrogens with zero attached hydrogens (tertiary/aromatic N) is 2. The van der Waals surface area contributed by atoms with Crippen molar-refractivity contribution in [1.82, 2.24) is 9.78 Å². The molecule has 3 aromatic carbocycles. The van der Waals surface area contributed by atoms with Gasteiger partial charge < -0.3 is 15.8 Å². The molecule has 0 saturated heterocycles. The van der Waals surface area contributed by atoms with Gasteiger partial charge >= 0.3 is 12.0 Å². The monoisotopic (exact) mass is 552 g/mol. The third kappa shape index (κ3) is 5.26. The summed E-state index contributed by atoms with van der Waals surface area (Å²) in [7, 11) is 0. The predicted octanol–water partition coefficient (Wildman–Crippen LogP) is 5.42. The highest BCUT2D eigenvalue weighted by Gasteiger charge is 2.29. The first kappa shape index (κ1) is 24.2. The van der Waals surface area contributed by atoms with Crippen molar-refractivity contribution in [2.45, 2.75) is 6.10 Å². The molecule has 35 heavy (non-hydrogen) atoms. The van der Waals surface area contributed by atoms with E-state index in [9.17, 15) is 14.4 Å².